The molecule has 2 aliphatic rings. The van der Waals surface area contributed by atoms with Gasteiger partial charge in [-0.3, -0.25) is 9.69 Å². The fourth-order valence-corrected chi connectivity index (χ4v) is 5.16. The van der Waals surface area contributed by atoms with Crippen molar-refractivity contribution in [1.82, 2.24) is 15.1 Å². The number of likely N-dealkylation sites (tertiary alicyclic amines) is 2. The van der Waals surface area contributed by atoms with Gasteiger partial charge in [-0.15, -0.1) is 0 Å². The number of carbonyl (C=O) groups excluding carboxylic acids is 1. The summed E-state index contributed by atoms with van der Waals surface area (Å²) in [6.45, 7) is 10.2. The Hall–Kier alpha value is -2.45. The molecule has 2 fully saturated rings. The number of nitrogens with one attached hydrogen (secondary N) is 1. The van der Waals surface area contributed by atoms with E-state index in [1.54, 1.807) is 0 Å². The highest BCUT2D eigenvalue weighted by atomic mass is 16.5. The number of aliphatic hydroxyl groups is 2. The third-order valence-electron chi connectivity index (χ3n) is 7.24. The van der Waals surface area contributed by atoms with Crippen molar-refractivity contribution < 1.29 is 19.7 Å². The van der Waals surface area contributed by atoms with Gasteiger partial charge in [0.15, 0.2) is 0 Å². The van der Waals surface area contributed by atoms with Crippen LogP contribution in [0.2, 0.25) is 0 Å². The molecule has 2 aromatic rings. The number of rotatable bonds is 10. The third kappa shape index (κ3) is 6.61. The molecule has 7 heteroatoms. The maximum atomic E-state index is 12.9. The number of aliphatic hydroxyl groups excluding tert-OH is 2. The van der Waals surface area contributed by atoms with Gasteiger partial charge >= 0.3 is 0 Å². The molecule has 2 aliphatic heterocycles. The van der Waals surface area contributed by atoms with E-state index >= 15 is 0 Å². The summed E-state index contributed by atoms with van der Waals surface area (Å²) in [5, 5.41) is 22.4. The minimum Gasteiger partial charge on any atom is -0.493 e. The van der Waals surface area contributed by atoms with E-state index in [0.29, 0.717) is 25.3 Å². The molecule has 35 heavy (non-hydrogen) atoms. The van der Waals surface area contributed by atoms with Gasteiger partial charge in [0.2, 0.25) is 0 Å². The van der Waals surface area contributed by atoms with Gasteiger partial charge in [-0.05, 0) is 67.5 Å². The average Bonchev–Trinajstić information content (AvgIpc) is 3.45. The predicted octanol–water partition coefficient (Wildman–Crippen LogP) is 2.60. The number of amides is 1. The van der Waals surface area contributed by atoms with Crippen LogP contribution >= 0.6 is 0 Å². The van der Waals surface area contributed by atoms with Gasteiger partial charge in [-0.2, -0.15) is 0 Å². The second-order valence-electron chi connectivity index (χ2n) is 9.85. The Kier molecular flexibility index (Phi) is 8.78. The van der Waals surface area contributed by atoms with Crippen LogP contribution in [0.25, 0.3) is 11.1 Å². The summed E-state index contributed by atoms with van der Waals surface area (Å²) < 4.78 is 6.12. The molecule has 0 aliphatic carbocycles. The summed E-state index contributed by atoms with van der Waals surface area (Å²) in [4.78, 5) is 17.4. The van der Waals surface area contributed by atoms with Crippen molar-refractivity contribution in [3.63, 3.8) is 0 Å². The molecular formula is C28H39N3O4. The lowest BCUT2D eigenvalue weighted by molar-refractivity contribution is 0.0948. The number of hydrogen-bond donors (Lipinski definition) is 3. The minimum absolute atomic E-state index is 0.0683. The molecule has 4 rings (SSSR count). The van der Waals surface area contributed by atoms with Crippen LogP contribution in [0.3, 0.4) is 0 Å². The number of benzene rings is 2. The zero-order chi connectivity index (χ0) is 24.8. The fourth-order valence-electron chi connectivity index (χ4n) is 5.16. The quantitative estimate of drug-likeness (QED) is 0.453. The topological polar surface area (TPSA) is 85.3 Å². The van der Waals surface area contributed by atoms with Crippen molar-refractivity contribution in [2.24, 2.45) is 0 Å². The van der Waals surface area contributed by atoms with Crippen molar-refractivity contribution >= 4 is 5.91 Å². The van der Waals surface area contributed by atoms with E-state index < -0.39 is 0 Å². The smallest absolute Gasteiger partial charge is 0.251 e. The van der Waals surface area contributed by atoms with Crippen LogP contribution in [0.4, 0.5) is 0 Å². The molecular weight excluding hydrogens is 442 g/mol. The first-order valence-electron chi connectivity index (χ1n) is 12.8. The van der Waals surface area contributed by atoms with Crippen LogP contribution in [-0.2, 0) is 0 Å². The SMILES string of the molecule is Cc1c(OCCCN2CC[C@@H](O)C2)cccc1-c1cccc(C(=O)NCCN2CC[C@@H](O)C2)c1C. The number of carbonyl (C=O) groups is 1. The predicted molar refractivity (Wildman–Crippen MR) is 138 cm³/mol. The largest absolute Gasteiger partial charge is 0.493 e. The molecule has 0 aromatic heterocycles. The molecule has 190 valence electrons. The number of β-amino-alcohol motifs (C(OH)–C–C–N with tert-alkyl or cyclic N) is 2. The summed E-state index contributed by atoms with van der Waals surface area (Å²) in [6, 6.07) is 12.0. The van der Waals surface area contributed by atoms with Gasteiger partial charge in [-0.1, -0.05) is 24.3 Å². The second-order valence-corrected chi connectivity index (χ2v) is 9.85. The maximum Gasteiger partial charge on any atom is 0.251 e. The molecule has 2 atom stereocenters. The van der Waals surface area contributed by atoms with Crippen molar-refractivity contribution in [1.29, 1.82) is 0 Å². The Balaban J connectivity index is 1.36. The molecule has 2 saturated heterocycles. The van der Waals surface area contributed by atoms with E-state index in [4.69, 9.17) is 4.74 Å². The lowest BCUT2D eigenvalue weighted by Gasteiger charge is -2.18. The van der Waals surface area contributed by atoms with E-state index in [-0.39, 0.29) is 18.1 Å². The minimum atomic E-state index is -0.244. The average molecular weight is 482 g/mol. The van der Waals surface area contributed by atoms with Gasteiger partial charge in [0.05, 0.1) is 18.8 Å². The second kappa shape index (κ2) is 12.0. The van der Waals surface area contributed by atoms with Crippen molar-refractivity contribution in [3.05, 3.63) is 53.1 Å². The van der Waals surface area contributed by atoms with Crippen LogP contribution < -0.4 is 10.1 Å². The number of hydrogen-bond acceptors (Lipinski definition) is 6. The Morgan fingerprint density at radius 1 is 0.943 bits per heavy atom. The lowest BCUT2D eigenvalue weighted by atomic mass is 9.93. The molecule has 3 N–H and O–H groups in total. The first kappa shape index (κ1) is 25.6. The van der Waals surface area contributed by atoms with Crippen molar-refractivity contribution in [2.75, 3.05) is 52.4 Å². The summed E-state index contributed by atoms with van der Waals surface area (Å²) >= 11 is 0. The molecule has 2 heterocycles. The maximum absolute atomic E-state index is 12.9. The monoisotopic (exact) mass is 481 g/mol. The molecule has 1 amide bonds. The zero-order valence-electron chi connectivity index (χ0n) is 21.0. The van der Waals surface area contributed by atoms with Crippen LogP contribution in [0.15, 0.2) is 36.4 Å². The number of ether oxygens (including phenoxy) is 1. The van der Waals surface area contributed by atoms with Gasteiger partial charge < -0.3 is 25.2 Å². The van der Waals surface area contributed by atoms with E-state index in [2.05, 4.69) is 34.2 Å². The molecule has 7 nitrogen and oxygen atoms in total. The standard InChI is InChI=1S/C28H39N3O4/c1-20-24(6-3-8-26(20)28(34)29-12-16-31-15-11-23(33)19-31)25-7-4-9-27(21(25)2)35-17-5-13-30-14-10-22(32)18-30/h3-4,6-9,22-23,32-33H,5,10-19H2,1-2H3,(H,29,34)/t22-,23-/m1/s1. The Morgan fingerprint density at radius 2 is 1.57 bits per heavy atom. The normalized spacial score (nSPS) is 20.9. The molecule has 0 spiro atoms. The van der Waals surface area contributed by atoms with E-state index in [1.165, 1.54) is 0 Å². The third-order valence-corrected chi connectivity index (χ3v) is 7.24. The van der Waals surface area contributed by atoms with E-state index in [0.717, 1.165) is 80.0 Å². The zero-order valence-corrected chi connectivity index (χ0v) is 21.0. The fraction of sp³-hybridized carbons (Fsp3) is 0.536. The Bertz CT molecular complexity index is 1010. The Morgan fingerprint density at radius 3 is 2.23 bits per heavy atom. The summed E-state index contributed by atoms with van der Waals surface area (Å²) in [6.07, 6.45) is 2.16. The van der Waals surface area contributed by atoms with Crippen molar-refractivity contribution in [3.8, 4) is 16.9 Å². The first-order valence-corrected chi connectivity index (χ1v) is 12.8. The molecule has 0 saturated carbocycles. The first-order chi connectivity index (χ1) is 16.9. The van der Waals surface area contributed by atoms with Gasteiger partial charge in [-0.25, -0.2) is 0 Å². The highest BCUT2D eigenvalue weighted by molar-refractivity contribution is 5.97. The summed E-state index contributed by atoms with van der Waals surface area (Å²) in [5.41, 5.74) is 4.81. The highest BCUT2D eigenvalue weighted by Crippen LogP contribution is 2.33. The van der Waals surface area contributed by atoms with Gasteiger partial charge in [0, 0.05) is 51.4 Å². The summed E-state index contributed by atoms with van der Waals surface area (Å²) in [7, 11) is 0. The highest BCUT2D eigenvalue weighted by Gasteiger charge is 2.21. The van der Waals surface area contributed by atoms with Crippen LogP contribution in [-0.4, -0.2) is 90.5 Å². The van der Waals surface area contributed by atoms with Crippen LogP contribution in [0, 0.1) is 13.8 Å². The molecule has 0 radical (unpaired) electrons. The van der Waals surface area contributed by atoms with Crippen LogP contribution in [0.1, 0.15) is 40.7 Å². The van der Waals surface area contributed by atoms with Crippen LogP contribution in [0.5, 0.6) is 5.75 Å². The van der Waals surface area contributed by atoms with E-state index in [1.807, 2.05) is 31.2 Å². The molecule has 0 unspecified atom stereocenters. The van der Waals surface area contributed by atoms with Gasteiger partial charge in [0.1, 0.15) is 5.75 Å². The Labute approximate surface area is 208 Å². The van der Waals surface area contributed by atoms with E-state index in [9.17, 15) is 15.0 Å². The molecule has 2 aromatic carbocycles. The molecule has 0 bridgehead atoms. The van der Waals surface area contributed by atoms with Crippen molar-refractivity contribution in [2.45, 2.75) is 45.3 Å². The summed E-state index contributed by atoms with van der Waals surface area (Å²) in [5.74, 6) is 0.798. The number of nitrogens with zero attached hydrogens (tertiary/aromatic N) is 2. The lowest BCUT2D eigenvalue weighted by Crippen LogP contribution is -2.34. The van der Waals surface area contributed by atoms with Gasteiger partial charge in [0.25, 0.3) is 5.91 Å².